The van der Waals surface area contributed by atoms with Crippen molar-refractivity contribution in [1.29, 1.82) is 0 Å². The molecule has 3 N–H and O–H groups in total. The molecular formula is C25H21Cl2N5O4S. The fourth-order valence-corrected chi connectivity index (χ4v) is 4.39. The predicted molar refractivity (Wildman–Crippen MR) is 143 cm³/mol. The van der Waals surface area contributed by atoms with Crippen LogP contribution in [0, 0.1) is 6.92 Å². The van der Waals surface area contributed by atoms with E-state index in [-0.39, 0.29) is 31.3 Å². The number of thiazole rings is 1. The van der Waals surface area contributed by atoms with Crippen molar-refractivity contribution in [2.24, 2.45) is 0 Å². The van der Waals surface area contributed by atoms with Crippen molar-refractivity contribution in [3.63, 3.8) is 0 Å². The quantitative estimate of drug-likeness (QED) is 0.262. The molecule has 0 aliphatic carbocycles. The molecule has 0 radical (unpaired) electrons. The molecule has 2 amide bonds. The summed E-state index contributed by atoms with van der Waals surface area (Å²) in [6.45, 7) is 2.13. The second kappa shape index (κ2) is 11.5. The number of aromatic nitrogens is 3. The van der Waals surface area contributed by atoms with E-state index < -0.39 is 5.97 Å². The van der Waals surface area contributed by atoms with Gasteiger partial charge in [-0.3, -0.25) is 24.4 Å². The summed E-state index contributed by atoms with van der Waals surface area (Å²) in [6.07, 6.45) is -0.157. The standard InChI is InChI=1S/C25H21Cl2N5O4S/c1-14-13-37-25(29-14)30-24(36)21-11-20(17-6-7-18(26)19(27)10-17)31-32(21)12-15-2-4-16(5-3-15)23(35)28-9-8-22(33)34/h2-7,10-11,13H,8-9,12H2,1H3,(H,28,35)(H,33,34)(H,29,30,36). The second-order valence-corrected chi connectivity index (χ2v) is 9.72. The largest absolute Gasteiger partial charge is 0.481 e. The van der Waals surface area contributed by atoms with Gasteiger partial charge in [0.25, 0.3) is 11.8 Å². The zero-order valence-electron chi connectivity index (χ0n) is 19.5. The van der Waals surface area contributed by atoms with Crippen LogP contribution in [0.25, 0.3) is 11.3 Å². The van der Waals surface area contributed by atoms with Crippen molar-refractivity contribution in [3.05, 3.63) is 86.5 Å². The Morgan fingerprint density at radius 3 is 2.43 bits per heavy atom. The summed E-state index contributed by atoms with van der Waals surface area (Å²) in [7, 11) is 0. The molecule has 9 nitrogen and oxygen atoms in total. The monoisotopic (exact) mass is 557 g/mol. The summed E-state index contributed by atoms with van der Waals surface area (Å²) >= 11 is 13.6. The molecule has 0 aliphatic heterocycles. The summed E-state index contributed by atoms with van der Waals surface area (Å²) in [5.41, 5.74) is 3.53. The minimum absolute atomic E-state index is 0.0395. The highest BCUT2D eigenvalue weighted by Gasteiger charge is 2.19. The molecule has 2 aromatic heterocycles. The first kappa shape index (κ1) is 26.3. The van der Waals surface area contributed by atoms with Crippen LogP contribution in [0.15, 0.2) is 53.9 Å². The summed E-state index contributed by atoms with van der Waals surface area (Å²) in [4.78, 5) is 40.3. The maximum Gasteiger partial charge on any atom is 0.305 e. The molecule has 37 heavy (non-hydrogen) atoms. The molecular weight excluding hydrogens is 537 g/mol. The molecule has 2 aromatic carbocycles. The number of anilines is 1. The number of carboxylic acid groups (broad SMARTS) is 1. The number of halogens is 2. The molecule has 0 aliphatic rings. The number of rotatable bonds is 9. The number of aryl methyl sites for hydroxylation is 1. The van der Waals surface area contributed by atoms with E-state index in [9.17, 15) is 14.4 Å². The minimum atomic E-state index is -0.986. The highest BCUT2D eigenvalue weighted by atomic mass is 35.5. The van der Waals surface area contributed by atoms with Crippen molar-refractivity contribution in [1.82, 2.24) is 20.1 Å². The summed E-state index contributed by atoms with van der Waals surface area (Å²) in [6, 6.07) is 13.5. The van der Waals surface area contributed by atoms with Gasteiger partial charge in [-0.25, -0.2) is 4.98 Å². The van der Waals surface area contributed by atoms with Crippen LogP contribution >= 0.6 is 34.5 Å². The van der Waals surface area contributed by atoms with Crippen LogP contribution in [0.4, 0.5) is 5.13 Å². The summed E-state index contributed by atoms with van der Waals surface area (Å²) in [5, 5.41) is 21.8. The predicted octanol–water partition coefficient (Wildman–Crippen LogP) is 5.13. The molecule has 4 rings (SSSR count). The lowest BCUT2D eigenvalue weighted by molar-refractivity contribution is -0.136. The second-order valence-electron chi connectivity index (χ2n) is 8.05. The molecule has 0 bridgehead atoms. The van der Waals surface area contributed by atoms with Gasteiger partial charge in [0.2, 0.25) is 0 Å². The Hall–Kier alpha value is -3.73. The number of carboxylic acids is 1. The van der Waals surface area contributed by atoms with E-state index in [1.165, 1.54) is 11.3 Å². The topological polar surface area (TPSA) is 126 Å². The number of carbonyl (C=O) groups excluding carboxylic acids is 2. The van der Waals surface area contributed by atoms with Crippen molar-refractivity contribution < 1.29 is 19.5 Å². The maximum absolute atomic E-state index is 13.1. The van der Waals surface area contributed by atoms with E-state index in [4.69, 9.17) is 28.3 Å². The maximum atomic E-state index is 13.1. The Morgan fingerprint density at radius 1 is 1.03 bits per heavy atom. The van der Waals surface area contributed by atoms with Gasteiger partial charge in [-0.05, 0) is 42.8 Å². The lowest BCUT2D eigenvalue weighted by atomic mass is 10.1. The molecule has 0 saturated heterocycles. The Labute approximate surface area is 226 Å². The average Bonchev–Trinajstić information content (AvgIpc) is 3.47. The van der Waals surface area contributed by atoms with E-state index in [1.54, 1.807) is 53.2 Å². The van der Waals surface area contributed by atoms with E-state index in [2.05, 4.69) is 20.7 Å². The normalized spacial score (nSPS) is 10.8. The number of benzene rings is 2. The van der Waals surface area contributed by atoms with E-state index in [0.29, 0.717) is 37.7 Å². The Morgan fingerprint density at radius 2 is 1.78 bits per heavy atom. The molecule has 4 aromatic rings. The van der Waals surface area contributed by atoms with Gasteiger partial charge in [-0.1, -0.05) is 41.4 Å². The Balaban J connectivity index is 1.58. The van der Waals surface area contributed by atoms with Gasteiger partial charge >= 0.3 is 5.97 Å². The molecule has 12 heteroatoms. The number of carbonyl (C=O) groups is 3. The first-order valence-corrected chi connectivity index (χ1v) is 12.7. The van der Waals surface area contributed by atoms with Crippen molar-refractivity contribution >= 4 is 57.5 Å². The Bertz CT molecular complexity index is 1470. The van der Waals surface area contributed by atoms with E-state index in [0.717, 1.165) is 11.3 Å². The average molecular weight is 558 g/mol. The highest BCUT2D eigenvalue weighted by Crippen LogP contribution is 2.29. The fraction of sp³-hybridized carbons (Fsp3) is 0.160. The van der Waals surface area contributed by atoms with Crippen molar-refractivity contribution in [2.75, 3.05) is 11.9 Å². The van der Waals surface area contributed by atoms with E-state index >= 15 is 0 Å². The van der Waals surface area contributed by atoms with Gasteiger partial charge in [0.15, 0.2) is 5.13 Å². The van der Waals surface area contributed by atoms with Crippen molar-refractivity contribution in [2.45, 2.75) is 19.9 Å². The van der Waals surface area contributed by atoms with Crippen LogP contribution in [0.1, 0.15) is 38.5 Å². The van der Waals surface area contributed by atoms with Gasteiger partial charge in [-0.2, -0.15) is 5.10 Å². The number of nitrogens with one attached hydrogen (secondary N) is 2. The summed E-state index contributed by atoms with van der Waals surface area (Å²) in [5.74, 6) is -1.73. The number of amides is 2. The minimum Gasteiger partial charge on any atom is -0.481 e. The Kier molecular flexibility index (Phi) is 8.22. The van der Waals surface area contributed by atoms with Gasteiger partial charge in [0, 0.05) is 23.1 Å². The van der Waals surface area contributed by atoms with E-state index in [1.807, 2.05) is 12.3 Å². The number of hydrogen-bond donors (Lipinski definition) is 3. The van der Waals surface area contributed by atoms with Crippen LogP contribution in [0.3, 0.4) is 0 Å². The smallest absolute Gasteiger partial charge is 0.305 e. The molecule has 2 heterocycles. The molecule has 0 atom stereocenters. The zero-order chi connectivity index (χ0) is 26.5. The number of nitrogens with zero attached hydrogens (tertiary/aromatic N) is 3. The fourth-order valence-electron chi connectivity index (χ4n) is 3.41. The lowest BCUT2D eigenvalue weighted by Crippen LogP contribution is -2.26. The van der Waals surface area contributed by atoms with Gasteiger partial charge < -0.3 is 10.4 Å². The van der Waals surface area contributed by atoms with Crippen LogP contribution in [0.2, 0.25) is 10.0 Å². The van der Waals surface area contributed by atoms with Gasteiger partial charge in [0.1, 0.15) is 5.69 Å². The van der Waals surface area contributed by atoms with Gasteiger partial charge in [-0.15, -0.1) is 11.3 Å². The number of aliphatic carboxylic acids is 1. The summed E-state index contributed by atoms with van der Waals surface area (Å²) < 4.78 is 1.57. The highest BCUT2D eigenvalue weighted by molar-refractivity contribution is 7.13. The van der Waals surface area contributed by atoms with Crippen LogP contribution < -0.4 is 10.6 Å². The first-order chi connectivity index (χ1) is 17.7. The van der Waals surface area contributed by atoms with Crippen LogP contribution in [-0.4, -0.2) is 44.2 Å². The molecule has 0 saturated carbocycles. The van der Waals surface area contributed by atoms with Crippen LogP contribution in [0.5, 0.6) is 0 Å². The molecule has 190 valence electrons. The van der Waals surface area contributed by atoms with Crippen LogP contribution in [-0.2, 0) is 11.3 Å². The third-order valence-electron chi connectivity index (χ3n) is 5.24. The third kappa shape index (κ3) is 6.73. The third-order valence-corrected chi connectivity index (χ3v) is 6.85. The molecule has 0 fully saturated rings. The zero-order valence-corrected chi connectivity index (χ0v) is 21.8. The molecule has 0 spiro atoms. The van der Waals surface area contributed by atoms with Gasteiger partial charge in [0.05, 0.1) is 34.4 Å². The SMILES string of the molecule is Cc1csc(NC(=O)c2cc(-c3ccc(Cl)c(Cl)c3)nn2Cc2ccc(C(=O)NCCC(=O)O)cc2)n1. The van der Waals surface area contributed by atoms with Crippen molar-refractivity contribution in [3.8, 4) is 11.3 Å². The first-order valence-electron chi connectivity index (χ1n) is 11.1. The number of hydrogen-bond acceptors (Lipinski definition) is 6. The molecule has 0 unspecified atom stereocenters. The lowest BCUT2D eigenvalue weighted by Gasteiger charge is -2.09.